The highest BCUT2D eigenvalue weighted by molar-refractivity contribution is 5.46. The molecule has 0 radical (unpaired) electrons. The molecule has 0 aromatic heterocycles. The number of hydrogen-bond donors (Lipinski definition) is 1. The molecule has 3 rings (SSSR count). The summed E-state index contributed by atoms with van der Waals surface area (Å²) in [5.41, 5.74) is 0. The van der Waals surface area contributed by atoms with Crippen molar-refractivity contribution < 1.29 is 14.2 Å². The monoisotopic (exact) mass is 277 g/mol. The van der Waals surface area contributed by atoms with Gasteiger partial charge in [0.25, 0.3) is 0 Å². The smallest absolute Gasteiger partial charge is 0.231 e. The Morgan fingerprint density at radius 2 is 1.90 bits per heavy atom. The standard InChI is InChI=1S/C16H23NO3/c1(3-9-17-13-5-6-13)2-4-10-18-14-7-8-15-16(11-14)20-12-19-15/h7-8,11,13,17H,1-6,9-10,12H2. The summed E-state index contributed by atoms with van der Waals surface area (Å²) in [6.45, 7) is 2.26. The second kappa shape index (κ2) is 6.84. The summed E-state index contributed by atoms with van der Waals surface area (Å²) in [7, 11) is 0. The number of rotatable bonds is 9. The van der Waals surface area contributed by atoms with Gasteiger partial charge in [-0.25, -0.2) is 0 Å². The van der Waals surface area contributed by atoms with E-state index in [9.17, 15) is 0 Å². The van der Waals surface area contributed by atoms with Gasteiger partial charge in [-0.1, -0.05) is 12.8 Å². The number of benzene rings is 1. The molecule has 4 heteroatoms. The molecule has 0 amide bonds. The van der Waals surface area contributed by atoms with Crippen LogP contribution in [0.2, 0.25) is 0 Å². The summed E-state index contributed by atoms with van der Waals surface area (Å²) in [5, 5.41) is 3.54. The van der Waals surface area contributed by atoms with Crippen molar-refractivity contribution >= 4 is 0 Å². The van der Waals surface area contributed by atoms with Gasteiger partial charge in [-0.2, -0.15) is 0 Å². The molecular weight excluding hydrogens is 254 g/mol. The maximum atomic E-state index is 5.73. The fraction of sp³-hybridized carbons (Fsp3) is 0.625. The lowest BCUT2D eigenvalue weighted by molar-refractivity contribution is 0.173. The summed E-state index contributed by atoms with van der Waals surface area (Å²) in [6, 6.07) is 6.58. The molecule has 1 aliphatic carbocycles. The largest absolute Gasteiger partial charge is 0.493 e. The number of hydrogen-bond acceptors (Lipinski definition) is 4. The van der Waals surface area contributed by atoms with Crippen LogP contribution in [0.5, 0.6) is 17.2 Å². The third-order valence-corrected chi connectivity index (χ3v) is 3.69. The van der Waals surface area contributed by atoms with Gasteiger partial charge in [0.15, 0.2) is 11.5 Å². The van der Waals surface area contributed by atoms with Gasteiger partial charge >= 0.3 is 0 Å². The SMILES string of the molecule is c1cc2c(cc1OCCCCCCNC1CC1)OCO2. The van der Waals surface area contributed by atoms with E-state index in [-0.39, 0.29) is 0 Å². The van der Waals surface area contributed by atoms with Crippen LogP contribution in [-0.4, -0.2) is 26.0 Å². The van der Waals surface area contributed by atoms with Gasteiger partial charge < -0.3 is 19.5 Å². The molecule has 2 aliphatic rings. The molecule has 4 nitrogen and oxygen atoms in total. The molecule has 1 fully saturated rings. The maximum Gasteiger partial charge on any atom is 0.231 e. The molecule has 110 valence electrons. The van der Waals surface area contributed by atoms with E-state index in [1.54, 1.807) is 0 Å². The number of fused-ring (bicyclic) bond motifs is 1. The highest BCUT2D eigenvalue weighted by atomic mass is 16.7. The Hall–Kier alpha value is -1.42. The van der Waals surface area contributed by atoms with E-state index in [4.69, 9.17) is 14.2 Å². The first kappa shape index (κ1) is 13.6. The number of unbranched alkanes of at least 4 members (excludes halogenated alkanes) is 3. The minimum absolute atomic E-state index is 0.313. The van der Waals surface area contributed by atoms with Crippen LogP contribution >= 0.6 is 0 Å². The van der Waals surface area contributed by atoms with Crippen molar-refractivity contribution in [1.29, 1.82) is 0 Å². The van der Waals surface area contributed by atoms with Crippen molar-refractivity contribution in [3.05, 3.63) is 18.2 Å². The maximum absolute atomic E-state index is 5.73. The van der Waals surface area contributed by atoms with Crippen molar-refractivity contribution in [2.75, 3.05) is 19.9 Å². The normalized spacial score (nSPS) is 16.4. The molecular formula is C16H23NO3. The van der Waals surface area contributed by atoms with E-state index in [0.717, 1.165) is 36.3 Å². The van der Waals surface area contributed by atoms with Gasteiger partial charge in [0.05, 0.1) is 6.61 Å². The molecule has 0 saturated heterocycles. The van der Waals surface area contributed by atoms with Crippen molar-refractivity contribution in [1.82, 2.24) is 5.32 Å². The zero-order valence-electron chi connectivity index (χ0n) is 11.9. The van der Waals surface area contributed by atoms with Crippen LogP contribution in [0, 0.1) is 0 Å². The average molecular weight is 277 g/mol. The van der Waals surface area contributed by atoms with E-state index >= 15 is 0 Å². The second-order valence-corrected chi connectivity index (χ2v) is 5.51. The Balaban J connectivity index is 1.24. The van der Waals surface area contributed by atoms with Gasteiger partial charge in [0.1, 0.15) is 5.75 Å². The zero-order valence-corrected chi connectivity index (χ0v) is 11.9. The number of nitrogens with one attached hydrogen (secondary N) is 1. The van der Waals surface area contributed by atoms with Gasteiger partial charge in [0, 0.05) is 12.1 Å². The minimum Gasteiger partial charge on any atom is -0.493 e. The van der Waals surface area contributed by atoms with Gasteiger partial charge in [0.2, 0.25) is 6.79 Å². The predicted molar refractivity (Wildman–Crippen MR) is 77.6 cm³/mol. The first-order chi connectivity index (χ1) is 9.92. The van der Waals surface area contributed by atoms with Crippen molar-refractivity contribution in [2.45, 2.75) is 44.6 Å². The lowest BCUT2D eigenvalue weighted by Crippen LogP contribution is -2.17. The fourth-order valence-corrected chi connectivity index (χ4v) is 2.33. The van der Waals surface area contributed by atoms with E-state index in [0.29, 0.717) is 6.79 Å². The average Bonchev–Trinajstić information content (AvgIpc) is 3.17. The van der Waals surface area contributed by atoms with Gasteiger partial charge in [-0.15, -0.1) is 0 Å². The van der Waals surface area contributed by atoms with Crippen LogP contribution in [-0.2, 0) is 0 Å². The summed E-state index contributed by atoms with van der Waals surface area (Å²) in [4.78, 5) is 0. The molecule has 0 spiro atoms. The van der Waals surface area contributed by atoms with E-state index in [1.165, 1.54) is 38.6 Å². The minimum atomic E-state index is 0.313. The molecule has 0 unspecified atom stereocenters. The molecule has 1 aliphatic heterocycles. The molecule has 1 saturated carbocycles. The van der Waals surface area contributed by atoms with Crippen molar-refractivity contribution in [3.63, 3.8) is 0 Å². The van der Waals surface area contributed by atoms with E-state index < -0.39 is 0 Å². The zero-order chi connectivity index (χ0) is 13.6. The Labute approximate surface area is 120 Å². The van der Waals surface area contributed by atoms with Gasteiger partial charge in [-0.3, -0.25) is 0 Å². The topological polar surface area (TPSA) is 39.7 Å². The highest BCUT2D eigenvalue weighted by Crippen LogP contribution is 2.35. The number of ether oxygens (including phenoxy) is 3. The van der Waals surface area contributed by atoms with Crippen LogP contribution in [0.25, 0.3) is 0 Å². The lowest BCUT2D eigenvalue weighted by atomic mass is 10.2. The van der Waals surface area contributed by atoms with Crippen molar-refractivity contribution in [3.8, 4) is 17.2 Å². The molecule has 20 heavy (non-hydrogen) atoms. The van der Waals surface area contributed by atoms with Crippen molar-refractivity contribution in [2.24, 2.45) is 0 Å². The Morgan fingerprint density at radius 3 is 2.80 bits per heavy atom. The van der Waals surface area contributed by atoms with Crippen LogP contribution in [0.15, 0.2) is 18.2 Å². The third-order valence-electron chi connectivity index (χ3n) is 3.69. The third kappa shape index (κ3) is 4.04. The summed E-state index contributed by atoms with van der Waals surface area (Å²) >= 11 is 0. The van der Waals surface area contributed by atoms with Crippen LogP contribution < -0.4 is 19.5 Å². The van der Waals surface area contributed by atoms with Crippen LogP contribution in [0.4, 0.5) is 0 Å². The first-order valence-corrected chi connectivity index (χ1v) is 7.68. The Bertz CT molecular complexity index is 432. The molecule has 0 atom stereocenters. The fourth-order valence-electron chi connectivity index (χ4n) is 2.33. The summed E-state index contributed by atoms with van der Waals surface area (Å²) in [6.07, 6.45) is 7.66. The summed E-state index contributed by atoms with van der Waals surface area (Å²) < 4.78 is 16.3. The Morgan fingerprint density at radius 1 is 1.05 bits per heavy atom. The molecule has 1 aromatic carbocycles. The first-order valence-electron chi connectivity index (χ1n) is 7.68. The van der Waals surface area contributed by atoms with E-state index in [2.05, 4.69) is 5.32 Å². The van der Waals surface area contributed by atoms with Crippen LogP contribution in [0.3, 0.4) is 0 Å². The highest BCUT2D eigenvalue weighted by Gasteiger charge is 2.19. The lowest BCUT2D eigenvalue weighted by Gasteiger charge is -2.07. The van der Waals surface area contributed by atoms with Crippen LogP contribution in [0.1, 0.15) is 38.5 Å². The van der Waals surface area contributed by atoms with Gasteiger partial charge in [-0.05, 0) is 44.4 Å². The molecule has 1 aromatic rings. The molecule has 1 heterocycles. The summed E-state index contributed by atoms with van der Waals surface area (Å²) in [5.74, 6) is 2.46. The second-order valence-electron chi connectivity index (χ2n) is 5.51. The predicted octanol–water partition coefficient (Wildman–Crippen LogP) is 3.11. The molecule has 0 bridgehead atoms. The molecule has 1 N–H and O–H groups in total. The van der Waals surface area contributed by atoms with E-state index in [1.807, 2.05) is 18.2 Å². The Kier molecular flexibility index (Phi) is 4.64. The quantitative estimate of drug-likeness (QED) is 0.704.